The number of benzene rings is 2. The van der Waals surface area contributed by atoms with E-state index in [2.05, 4.69) is 4.99 Å². The second-order valence-electron chi connectivity index (χ2n) is 5.12. The fourth-order valence-electron chi connectivity index (χ4n) is 2.51. The summed E-state index contributed by atoms with van der Waals surface area (Å²) in [6.07, 6.45) is 0.621. The van der Waals surface area contributed by atoms with Gasteiger partial charge < -0.3 is 20.3 Å². The average molecular weight is 298 g/mol. The fourth-order valence-corrected chi connectivity index (χ4v) is 2.51. The van der Waals surface area contributed by atoms with Gasteiger partial charge in [-0.25, -0.2) is 4.99 Å². The van der Waals surface area contributed by atoms with E-state index < -0.39 is 0 Å². The smallest absolute Gasteiger partial charge is 0.213 e. The third-order valence-corrected chi connectivity index (χ3v) is 3.56. The lowest BCUT2D eigenvalue weighted by molar-refractivity contribution is 0.0889. The van der Waals surface area contributed by atoms with Crippen LogP contribution in [0, 0.1) is 0 Å². The van der Waals surface area contributed by atoms with E-state index in [1.54, 1.807) is 18.2 Å². The summed E-state index contributed by atoms with van der Waals surface area (Å²) in [5.74, 6) is 0.674. The van der Waals surface area contributed by atoms with Gasteiger partial charge in [-0.1, -0.05) is 36.4 Å². The maximum absolute atomic E-state index is 10.2. The molecule has 0 spiro atoms. The molecule has 1 aliphatic heterocycles. The molecular weight excluding hydrogens is 280 g/mol. The second-order valence-corrected chi connectivity index (χ2v) is 5.12. The molecule has 0 aliphatic carbocycles. The highest BCUT2D eigenvalue weighted by Crippen LogP contribution is 2.34. The Kier molecular flexibility index (Phi) is 4.25. The molecule has 1 unspecified atom stereocenters. The van der Waals surface area contributed by atoms with Gasteiger partial charge in [-0.15, -0.1) is 0 Å². The number of aromatic hydroxyl groups is 1. The minimum atomic E-state index is -0.319. The molecule has 0 radical (unpaired) electrons. The zero-order valence-electron chi connectivity index (χ0n) is 12.1. The number of phenolic OH excluding ortho intramolecular Hbond substituents is 1. The normalized spacial score (nSPS) is 17.4. The quantitative estimate of drug-likeness (QED) is 0.851. The number of ether oxygens (including phenoxy) is 2. The van der Waals surface area contributed by atoms with Crippen molar-refractivity contribution in [3.63, 3.8) is 0 Å². The Labute approximate surface area is 129 Å². The number of nitrogens with zero attached hydrogens (tertiary/aromatic N) is 1. The van der Waals surface area contributed by atoms with E-state index in [-0.39, 0.29) is 18.6 Å². The number of anilines is 1. The van der Waals surface area contributed by atoms with Gasteiger partial charge in [0.05, 0.1) is 6.04 Å². The van der Waals surface area contributed by atoms with Crippen LogP contribution in [-0.4, -0.2) is 24.4 Å². The molecule has 2 aromatic rings. The van der Waals surface area contributed by atoms with Crippen LogP contribution in [0.2, 0.25) is 0 Å². The first-order valence-corrected chi connectivity index (χ1v) is 7.12. The summed E-state index contributed by atoms with van der Waals surface area (Å²) in [5.41, 5.74) is 8.30. The lowest BCUT2D eigenvalue weighted by atomic mass is 9.97. The zero-order valence-corrected chi connectivity index (χ0v) is 12.1. The van der Waals surface area contributed by atoms with Crippen molar-refractivity contribution in [2.45, 2.75) is 12.5 Å². The molecule has 1 atom stereocenters. The Hall–Kier alpha value is -2.53. The van der Waals surface area contributed by atoms with Crippen LogP contribution in [0.5, 0.6) is 5.75 Å². The minimum absolute atomic E-state index is 0.143. The van der Waals surface area contributed by atoms with Crippen LogP contribution >= 0.6 is 0 Å². The van der Waals surface area contributed by atoms with E-state index in [1.165, 1.54) is 0 Å². The van der Waals surface area contributed by atoms with Gasteiger partial charge in [-0.3, -0.25) is 0 Å². The molecule has 1 heterocycles. The van der Waals surface area contributed by atoms with Crippen molar-refractivity contribution in [3.05, 3.63) is 59.7 Å². The van der Waals surface area contributed by atoms with Crippen molar-refractivity contribution in [2.24, 2.45) is 4.99 Å². The Morgan fingerprint density at radius 1 is 1.14 bits per heavy atom. The minimum Gasteiger partial charge on any atom is -0.508 e. The lowest BCUT2D eigenvalue weighted by Crippen LogP contribution is -2.09. The van der Waals surface area contributed by atoms with Crippen molar-refractivity contribution in [3.8, 4) is 5.75 Å². The number of rotatable bonds is 4. The summed E-state index contributed by atoms with van der Waals surface area (Å²) in [6, 6.07) is 14.7. The first-order chi connectivity index (χ1) is 10.7. The van der Waals surface area contributed by atoms with Gasteiger partial charge in [-0.05, 0) is 24.1 Å². The maximum atomic E-state index is 10.2. The fraction of sp³-hybridized carbons (Fsp3) is 0.235. The molecule has 5 nitrogen and oxygen atoms in total. The van der Waals surface area contributed by atoms with Crippen molar-refractivity contribution in [1.29, 1.82) is 0 Å². The van der Waals surface area contributed by atoms with Crippen molar-refractivity contribution in [1.82, 2.24) is 0 Å². The van der Waals surface area contributed by atoms with Crippen molar-refractivity contribution < 1.29 is 14.6 Å². The number of phenols is 1. The molecule has 3 N–H and O–H groups in total. The van der Waals surface area contributed by atoms with Crippen LogP contribution in [0.25, 0.3) is 0 Å². The molecule has 1 saturated heterocycles. The molecule has 0 saturated carbocycles. The Morgan fingerprint density at radius 3 is 2.64 bits per heavy atom. The molecule has 1 fully saturated rings. The molecule has 0 bridgehead atoms. The second kappa shape index (κ2) is 6.49. The van der Waals surface area contributed by atoms with Gasteiger partial charge in [0, 0.05) is 11.3 Å². The Bertz CT molecular complexity index is 643. The summed E-state index contributed by atoms with van der Waals surface area (Å²) in [4.78, 5) is 4.59. The van der Waals surface area contributed by atoms with E-state index in [4.69, 9.17) is 15.2 Å². The molecule has 0 amide bonds. The van der Waals surface area contributed by atoms with E-state index in [0.717, 1.165) is 5.56 Å². The first-order valence-electron chi connectivity index (χ1n) is 7.12. The van der Waals surface area contributed by atoms with Crippen LogP contribution in [0.4, 0.5) is 5.69 Å². The van der Waals surface area contributed by atoms with E-state index in [1.807, 2.05) is 30.3 Å². The first kappa shape index (κ1) is 14.4. The van der Waals surface area contributed by atoms with E-state index in [9.17, 15) is 5.11 Å². The highest BCUT2D eigenvalue weighted by molar-refractivity contribution is 5.79. The predicted octanol–water partition coefficient (Wildman–Crippen LogP) is 2.66. The van der Waals surface area contributed by atoms with Gasteiger partial charge in [0.15, 0.2) is 6.79 Å². The molecule has 114 valence electrons. The maximum Gasteiger partial charge on any atom is 0.213 e. The number of aliphatic imine (C=N–C) groups is 1. The third-order valence-electron chi connectivity index (χ3n) is 3.56. The van der Waals surface area contributed by atoms with Crippen molar-refractivity contribution in [2.75, 3.05) is 19.1 Å². The van der Waals surface area contributed by atoms with Crippen molar-refractivity contribution >= 4 is 11.6 Å². The summed E-state index contributed by atoms with van der Waals surface area (Å²) in [6.45, 7) is 0.561. The van der Waals surface area contributed by atoms with E-state index >= 15 is 0 Å². The van der Waals surface area contributed by atoms with Crippen LogP contribution < -0.4 is 5.73 Å². The van der Waals surface area contributed by atoms with Crippen LogP contribution in [0.3, 0.4) is 0 Å². The number of nitrogens with two attached hydrogens (primary N) is 1. The highest BCUT2D eigenvalue weighted by atomic mass is 16.7. The van der Waals surface area contributed by atoms with E-state index in [0.29, 0.717) is 30.2 Å². The molecule has 2 aromatic carbocycles. The summed E-state index contributed by atoms with van der Waals surface area (Å²) < 4.78 is 10.5. The predicted molar refractivity (Wildman–Crippen MR) is 84.7 cm³/mol. The van der Waals surface area contributed by atoms with Crippen LogP contribution in [0.1, 0.15) is 17.2 Å². The van der Waals surface area contributed by atoms with Gasteiger partial charge in [0.25, 0.3) is 0 Å². The van der Waals surface area contributed by atoms with Gasteiger partial charge in [-0.2, -0.15) is 0 Å². The SMILES string of the molecule is Nc1cccc(O)c1C(Cc1ccccc1)N=C1COCO1. The Morgan fingerprint density at radius 2 is 1.95 bits per heavy atom. The standard InChI is InChI=1S/C17H18N2O3/c18-13-7-4-8-15(20)17(13)14(19-16-10-21-11-22-16)9-12-5-2-1-3-6-12/h1-8,14,20H,9-11,18H2. The van der Waals surface area contributed by atoms with Gasteiger partial charge in [0.1, 0.15) is 12.4 Å². The third kappa shape index (κ3) is 3.20. The summed E-state index contributed by atoms with van der Waals surface area (Å²) in [5, 5.41) is 10.2. The Balaban J connectivity index is 1.97. The average Bonchev–Trinajstić information content (AvgIpc) is 3.01. The lowest BCUT2D eigenvalue weighted by Gasteiger charge is -2.17. The largest absolute Gasteiger partial charge is 0.508 e. The molecule has 1 aliphatic rings. The van der Waals surface area contributed by atoms with Crippen LogP contribution in [-0.2, 0) is 15.9 Å². The monoisotopic (exact) mass is 298 g/mol. The summed E-state index contributed by atoms with van der Waals surface area (Å²) >= 11 is 0. The topological polar surface area (TPSA) is 77.1 Å². The number of nitrogen functional groups attached to an aromatic ring is 1. The molecule has 0 aromatic heterocycles. The molecule has 5 heteroatoms. The van der Waals surface area contributed by atoms with Gasteiger partial charge in [0.2, 0.25) is 5.90 Å². The highest BCUT2D eigenvalue weighted by Gasteiger charge is 2.21. The molecular formula is C17H18N2O3. The number of hydrogen-bond donors (Lipinski definition) is 2. The van der Waals surface area contributed by atoms with Crippen LogP contribution in [0.15, 0.2) is 53.5 Å². The summed E-state index contributed by atoms with van der Waals surface area (Å²) in [7, 11) is 0. The number of hydrogen-bond acceptors (Lipinski definition) is 5. The molecule has 22 heavy (non-hydrogen) atoms. The molecule has 3 rings (SSSR count). The zero-order chi connectivity index (χ0) is 15.4. The van der Waals surface area contributed by atoms with Gasteiger partial charge >= 0.3 is 0 Å².